The molecule has 0 bridgehead atoms. The van der Waals surface area contributed by atoms with Gasteiger partial charge in [0.1, 0.15) is 0 Å². The van der Waals surface area contributed by atoms with Crippen molar-refractivity contribution in [1.82, 2.24) is 5.32 Å². The van der Waals surface area contributed by atoms with Gasteiger partial charge in [-0.3, -0.25) is 4.79 Å². The molecule has 1 saturated heterocycles. The zero-order chi connectivity index (χ0) is 11.1. The van der Waals surface area contributed by atoms with Crippen LogP contribution >= 0.6 is 0 Å². The Balaban J connectivity index is 2.03. The molecule has 3 heteroatoms. The van der Waals surface area contributed by atoms with E-state index in [-0.39, 0.29) is 17.9 Å². The maximum Gasteiger partial charge on any atom is 0.223 e. The first-order valence-electron chi connectivity index (χ1n) is 6.12. The van der Waals surface area contributed by atoms with Crippen LogP contribution in [-0.4, -0.2) is 25.2 Å². The number of unbranched alkanes of at least 4 members (excludes halogenated alkanes) is 3. The van der Waals surface area contributed by atoms with Gasteiger partial charge in [0.25, 0.3) is 0 Å². The number of rotatable bonds is 7. The largest absolute Gasteiger partial charge is 0.377 e. The van der Waals surface area contributed by atoms with Crippen LogP contribution in [0.5, 0.6) is 0 Å². The highest BCUT2D eigenvalue weighted by atomic mass is 16.5. The molecule has 1 unspecified atom stereocenters. The smallest absolute Gasteiger partial charge is 0.223 e. The molecule has 1 rings (SSSR count). The highest BCUT2D eigenvalue weighted by Gasteiger charge is 2.22. The van der Waals surface area contributed by atoms with E-state index in [1.54, 1.807) is 0 Å². The first-order chi connectivity index (χ1) is 7.24. The summed E-state index contributed by atoms with van der Waals surface area (Å²) < 4.78 is 5.01. The molecule has 0 spiro atoms. The quantitative estimate of drug-likeness (QED) is 0.658. The summed E-state index contributed by atoms with van der Waals surface area (Å²) in [5.74, 6) is 0.349. The summed E-state index contributed by atoms with van der Waals surface area (Å²) in [5.41, 5.74) is 0. The molecule has 1 amide bonds. The fraction of sp³-hybridized carbons (Fsp3) is 0.917. The van der Waals surface area contributed by atoms with Gasteiger partial charge in [-0.25, -0.2) is 0 Å². The molecule has 1 N–H and O–H groups in total. The normalized spacial score (nSPS) is 18.3. The van der Waals surface area contributed by atoms with Crippen LogP contribution in [0.1, 0.15) is 46.0 Å². The maximum absolute atomic E-state index is 11.6. The predicted molar refractivity (Wildman–Crippen MR) is 60.7 cm³/mol. The number of hydrogen-bond acceptors (Lipinski definition) is 2. The Labute approximate surface area is 92.6 Å². The van der Waals surface area contributed by atoms with Crippen molar-refractivity contribution in [3.8, 4) is 0 Å². The van der Waals surface area contributed by atoms with Gasteiger partial charge < -0.3 is 10.1 Å². The number of hydrogen-bond donors (Lipinski definition) is 1. The second-order valence-electron chi connectivity index (χ2n) is 4.49. The Hall–Kier alpha value is -0.570. The third-order valence-electron chi connectivity index (χ3n) is 2.92. The number of carbonyl (C=O) groups excluding carboxylic acids is 1. The minimum atomic E-state index is 0.155. The van der Waals surface area contributed by atoms with Crippen LogP contribution in [0.4, 0.5) is 0 Å². The summed E-state index contributed by atoms with van der Waals surface area (Å²) in [4.78, 5) is 11.6. The first kappa shape index (κ1) is 12.5. The predicted octanol–water partition coefficient (Wildman–Crippen LogP) is 2.11. The van der Waals surface area contributed by atoms with Crippen molar-refractivity contribution in [2.24, 2.45) is 5.92 Å². The van der Waals surface area contributed by atoms with Gasteiger partial charge in [0.15, 0.2) is 0 Å². The Morgan fingerprint density at radius 2 is 2.13 bits per heavy atom. The molecule has 15 heavy (non-hydrogen) atoms. The second-order valence-corrected chi connectivity index (χ2v) is 4.49. The summed E-state index contributed by atoms with van der Waals surface area (Å²) in [6.07, 6.45) is 5.97. The van der Waals surface area contributed by atoms with E-state index in [0.717, 1.165) is 6.42 Å². The molecule has 0 aromatic carbocycles. The van der Waals surface area contributed by atoms with Crippen LogP contribution < -0.4 is 5.32 Å². The monoisotopic (exact) mass is 213 g/mol. The van der Waals surface area contributed by atoms with Gasteiger partial charge in [-0.05, 0) is 6.42 Å². The molecule has 0 aromatic rings. The molecule has 1 fully saturated rings. The van der Waals surface area contributed by atoms with Gasteiger partial charge in [0, 0.05) is 5.92 Å². The van der Waals surface area contributed by atoms with Crippen molar-refractivity contribution < 1.29 is 9.53 Å². The average molecular weight is 213 g/mol. The minimum Gasteiger partial charge on any atom is -0.377 e. The van der Waals surface area contributed by atoms with Gasteiger partial charge in [-0.1, -0.05) is 39.5 Å². The minimum absolute atomic E-state index is 0.155. The number of carbonyl (C=O) groups is 1. The van der Waals surface area contributed by atoms with Crippen molar-refractivity contribution in [3.05, 3.63) is 0 Å². The van der Waals surface area contributed by atoms with Crippen LogP contribution in [0.3, 0.4) is 0 Å². The van der Waals surface area contributed by atoms with Crippen LogP contribution in [-0.2, 0) is 9.53 Å². The molecule has 0 aliphatic carbocycles. The van der Waals surface area contributed by atoms with Crippen molar-refractivity contribution in [2.75, 3.05) is 13.2 Å². The third-order valence-corrected chi connectivity index (χ3v) is 2.92. The fourth-order valence-electron chi connectivity index (χ4n) is 1.67. The third kappa shape index (κ3) is 4.65. The zero-order valence-corrected chi connectivity index (χ0v) is 9.92. The molecule has 1 aliphatic rings. The lowest BCUT2D eigenvalue weighted by atomic mass is 10.0. The molecule has 3 nitrogen and oxygen atoms in total. The highest BCUT2D eigenvalue weighted by molar-refractivity contribution is 5.78. The lowest BCUT2D eigenvalue weighted by molar-refractivity contribution is -0.128. The van der Waals surface area contributed by atoms with E-state index in [1.807, 2.05) is 6.92 Å². The van der Waals surface area contributed by atoms with Gasteiger partial charge >= 0.3 is 0 Å². The van der Waals surface area contributed by atoms with Crippen LogP contribution in [0.2, 0.25) is 0 Å². The number of ether oxygens (including phenoxy) is 1. The summed E-state index contributed by atoms with van der Waals surface area (Å²) in [6.45, 7) is 5.59. The van der Waals surface area contributed by atoms with E-state index < -0.39 is 0 Å². The standard InChI is InChI=1S/C12H23NO2/c1-3-4-5-6-7-10(2)12(14)13-11-8-15-9-11/h10-11H,3-9H2,1-2H3,(H,13,14). The van der Waals surface area contributed by atoms with Crippen molar-refractivity contribution in [1.29, 1.82) is 0 Å². The Morgan fingerprint density at radius 1 is 1.40 bits per heavy atom. The van der Waals surface area contributed by atoms with Crippen molar-refractivity contribution in [3.63, 3.8) is 0 Å². The van der Waals surface area contributed by atoms with E-state index in [4.69, 9.17) is 4.74 Å². The lowest BCUT2D eigenvalue weighted by Crippen LogP contribution is -2.50. The van der Waals surface area contributed by atoms with Gasteiger partial charge in [-0.15, -0.1) is 0 Å². The van der Waals surface area contributed by atoms with Crippen LogP contribution in [0, 0.1) is 5.92 Å². The van der Waals surface area contributed by atoms with Crippen molar-refractivity contribution >= 4 is 5.91 Å². The Bertz CT molecular complexity index is 190. The molecular formula is C12H23NO2. The van der Waals surface area contributed by atoms with E-state index in [9.17, 15) is 4.79 Å². The maximum atomic E-state index is 11.6. The van der Waals surface area contributed by atoms with E-state index in [1.165, 1.54) is 25.7 Å². The van der Waals surface area contributed by atoms with Gasteiger partial charge in [0.2, 0.25) is 5.91 Å². The molecule has 0 aromatic heterocycles. The molecule has 1 atom stereocenters. The topological polar surface area (TPSA) is 38.3 Å². The van der Waals surface area contributed by atoms with Crippen LogP contribution in [0.25, 0.3) is 0 Å². The van der Waals surface area contributed by atoms with Gasteiger partial charge in [-0.2, -0.15) is 0 Å². The molecule has 0 saturated carbocycles. The molecule has 1 aliphatic heterocycles. The summed E-state index contributed by atoms with van der Waals surface area (Å²) >= 11 is 0. The van der Waals surface area contributed by atoms with Crippen LogP contribution in [0.15, 0.2) is 0 Å². The summed E-state index contributed by atoms with van der Waals surface area (Å²) in [7, 11) is 0. The Kier molecular flexibility index (Phi) is 5.69. The van der Waals surface area contributed by atoms with Crippen molar-refractivity contribution in [2.45, 2.75) is 52.0 Å². The Morgan fingerprint density at radius 3 is 2.67 bits per heavy atom. The molecule has 0 radical (unpaired) electrons. The zero-order valence-electron chi connectivity index (χ0n) is 9.92. The average Bonchev–Trinajstić information content (AvgIpc) is 2.17. The van der Waals surface area contributed by atoms with E-state index in [2.05, 4.69) is 12.2 Å². The first-order valence-corrected chi connectivity index (χ1v) is 6.12. The summed E-state index contributed by atoms with van der Waals surface area (Å²) in [5, 5.41) is 2.99. The van der Waals surface area contributed by atoms with E-state index in [0.29, 0.717) is 13.2 Å². The summed E-state index contributed by atoms with van der Waals surface area (Å²) in [6, 6.07) is 0.274. The fourth-order valence-corrected chi connectivity index (χ4v) is 1.67. The SMILES string of the molecule is CCCCCCC(C)C(=O)NC1COC1. The number of nitrogens with one attached hydrogen (secondary N) is 1. The molecule has 1 heterocycles. The number of amides is 1. The highest BCUT2D eigenvalue weighted by Crippen LogP contribution is 2.11. The molecule has 88 valence electrons. The molecular weight excluding hydrogens is 190 g/mol. The second kappa shape index (κ2) is 6.83. The van der Waals surface area contributed by atoms with E-state index >= 15 is 0 Å². The van der Waals surface area contributed by atoms with Gasteiger partial charge in [0.05, 0.1) is 19.3 Å². The lowest BCUT2D eigenvalue weighted by Gasteiger charge is -2.28.